The molecular weight excluding hydrogens is 300 g/mol. The number of hydrogen-bond donors (Lipinski definition) is 1. The van der Waals surface area contributed by atoms with Crippen LogP contribution in [0.4, 0.5) is 5.69 Å². The van der Waals surface area contributed by atoms with Crippen LogP contribution in [0, 0.1) is 0 Å². The van der Waals surface area contributed by atoms with E-state index in [0.717, 1.165) is 28.9 Å². The maximum atomic E-state index is 5.93. The Balaban J connectivity index is 1.70. The predicted octanol–water partition coefficient (Wildman–Crippen LogP) is 3.55. The Morgan fingerprint density at radius 3 is 2.86 bits per heavy atom. The lowest BCUT2D eigenvalue weighted by Crippen LogP contribution is -2.11. The van der Waals surface area contributed by atoms with Gasteiger partial charge >= 0.3 is 0 Å². The van der Waals surface area contributed by atoms with E-state index in [1.54, 1.807) is 12.4 Å². The van der Waals surface area contributed by atoms with E-state index in [1.807, 2.05) is 32.4 Å². The third kappa shape index (κ3) is 3.55. The van der Waals surface area contributed by atoms with E-state index in [9.17, 15) is 0 Å². The fraction of sp³-hybridized carbons (Fsp3) is 0.250. The first-order valence-electron chi connectivity index (χ1n) is 6.96. The molecular formula is C16H17ClN4O. The molecule has 5 nitrogen and oxygen atoms in total. The zero-order valence-electron chi connectivity index (χ0n) is 12.5. The van der Waals surface area contributed by atoms with Crippen molar-refractivity contribution in [3.63, 3.8) is 0 Å². The molecule has 3 aromatic rings. The highest BCUT2D eigenvalue weighted by atomic mass is 35.5. The van der Waals surface area contributed by atoms with Crippen molar-refractivity contribution in [2.75, 3.05) is 19.4 Å². The summed E-state index contributed by atoms with van der Waals surface area (Å²) in [6.45, 7) is 1.43. The zero-order valence-corrected chi connectivity index (χ0v) is 13.3. The third-order valence-corrected chi connectivity index (χ3v) is 3.36. The largest absolute Gasteiger partial charge is 0.441 e. The van der Waals surface area contributed by atoms with Crippen molar-refractivity contribution in [3.05, 3.63) is 53.1 Å². The van der Waals surface area contributed by atoms with Crippen LogP contribution in [0.15, 0.2) is 41.2 Å². The number of furan rings is 1. The molecule has 0 bridgehead atoms. The van der Waals surface area contributed by atoms with Gasteiger partial charge in [0.05, 0.1) is 17.3 Å². The van der Waals surface area contributed by atoms with Crippen molar-refractivity contribution in [2.45, 2.75) is 13.1 Å². The summed E-state index contributed by atoms with van der Waals surface area (Å²) in [4.78, 5) is 10.5. The summed E-state index contributed by atoms with van der Waals surface area (Å²) in [5.41, 5.74) is 2.72. The lowest BCUT2D eigenvalue weighted by molar-refractivity contribution is 0.402. The van der Waals surface area contributed by atoms with Gasteiger partial charge in [0.15, 0.2) is 0 Å². The van der Waals surface area contributed by atoms with E-state index in [0.29, 0.717) is 17.3 Å². The number of hydrogen-bond acceptors (Lipinski definition) is 5. The zero-order chi connectivity index (χ0) is 15.5. The van der Waals surface area contributed by atoms with Crippen LogP contribution >= 0.6 is 11.6 Å². The van der Waals surface area contributed by atoms with Crippen molar-refractivity contribution in [1.82, 2.24) is 14.9 Å². The lowest BCUT2D eigenvalue weighted by Gasteiger charge is -2.10. The molecule has 0 fully saturated rings. The van der Waals surface area contributed by atoms with Crippen LogP contribution in [-0.4, -0.2) is 29.0 Å². The van der Waals surface area contributed by atoms with E-state index in [-0.39, 0.29) is 0 Å². The minimum absolute atomic E-state index is 0.571. The summed E-state index contributed by atoms with van der Waals surface area (Å²) in [6.07, 6.45) is 5.26. The molecule has 1 N–H and O–H groups in total. The normalized spacial score (nSPS) is 11.3. The topological polar surface area (TPSA) is 54.2 Å². The number of nitrogens with one attached hydrogen (secondary N) is 1. The van der Waals surface area contributed by atoms with Gasteiger partial charge in [0.2, 0.25) is 5.71 Å². The summed E-state index contributed by atoms with van der Waals surface area (Å²) >= 11 is 5.93. The van der Waals surface area contributed by atoms with Gasteiger partial charge in [0.25, 0.3) is 0 Å². The lowest BCUT2D eigenvalue weighted by atomic mass is 10.2. The molecule has 0 radical (unpaired) electrons. The van der Waals surface area contributed by atoms with Crippen LogP contribution in [0.1, 0.15) is 11.3 Å². The number of anilines is 1. The number of aromatic nitrogens is 2. The summed E-state index contributed by atoms with van der Waals surface area (Å²) < 4.78 is 5.68. The highest BCUT2D eigenvalue weighted by molar-refractivity contribution is 6.31. The molecule has 0 spiro atoms. The Labute approximate surface area is 133 Å². The minimum Gasteiger partial charge on any atom is -0.441 e. The fourth-order valence-corrected chi connectivity index (χ4v) is 2.44. The number of rotatable bonds is 5. The monoisotopic (exact) mass is 316 g/mol. The van der Waals surface area contributed by atoms with Gasteiger partial charge in [-0.15, -0.1) is 0 Å². The average Bonchev–Trinajstić information content (AvgIpc) is 2.87. The Bertz CT molecular complexity index is 785. The van der Waals surface area contributed by atoms with Gasteiger partial charge in [-0.3, -0.25) is 4.98 Å². The van der Waals surface area contributed by atoms with Gasteiger partial charge in [-0.05, 0) is 37.9 Å². The molecule has 3 heterocycles. The molecule has 0 aromatic carbocycles. The summed E-state index contributed by atoms with van der Waals surface area (Å²) in [5.74, 6) is 0.808. The van der Waals surface area contributed by atoms with Crippen LogP contribution in [-0.2, 0) is 13.1 Å². The summed E-state index contributed by atoms with van der Waals surface area (Å²) in [7, 11) is 4.07. The number of halogens is 1. The van der Waals surface area contributed by atoms with Crippen LogP contribution < -0.4 is 5.32 Å². The minimum atomic E-state index is 0.571. The van der Waals surface area contributed by atoms with Gasteiger partial charge in [-0.1, -0.05) is 11.6 Å². The van der Waals surface area contributed by atoms with Gasteiger partial charge in [0, 0.05) is 30.5 Å². The van der Waals surface area contributed by atoms with E-state index in [4.69, 9.17) is 16.0 Å². The highest BCUT2D eigenvalue weighted by Gasteiger charge is 2.06. The molecule has 0 amide bonds. The molecule has 3 aromatic heterocycles. The predicted molar refractivity (Wildman–Crippen MR) is 88.0 cm³/mol. The Hall–Kier alpha value is -2.11. The quantitative estimate of drug-likeness (QED) is 0.780. The Kier molecular flexibility index (Phi) is 4.27. The molecule has 0 unspecified atom stereocenters. The van der Waals surface area contributed by atoms with E-state index >= 15 is 0 Å². The van der Waals surface area contributed by atoms with E-state index < -0.39 is 0 Å². The Morgan fingerprint density at radius 2 is 2.05 bits per heavy atom. The first-order chi connectivity index (χ1) is 10.6. The van der Waals surface area contributed by atoms with Crippen molar-refractivity contribution in [1.29, 1.82) is 0 Å². The summed E-state index contributed by atoms with van der Waals surface area (Å²) in [6, 6.07) is 5.87. The fourth-order valence-electron chi connectivity index (χ4n) is 2.27. The molecule has 0 saturated heterocycles. The van der Waals surface area contributed by atoms with Gasteiger partial charge in [0.1, 0.15) is 5.76 Å². The maximum Gasteiger partial charge on any atom is 0.226 e. The van der Waals surface area contributed by atoms with E-state index in [1.165, 1.54) is 0 Å². The van der Waals surface area contributed by atoms with Gasteiger partial charge in [-0.25, -0.2) is 4.98 Å². The summed E-state index contributed by atoms with van der Waals surface area (Å²) in [5, 5.41) is 4.83. The maximum absolute atomic E-state index is 5.93. The van der Waals surface area contributed by atoms with Crippen LogP contribution in [0.2, 0.25) is 5.02 Å². The van der Waals surface area contributed by atoms with Gasteiger partial charge in [-0.2, -0.15) is 0 Å². The number of pyridine rings is 2. The standard InChI is InChI=1S/C16H17ClN4O/c1-21(2)10-11-3-14(8-18-6-11)19-9-15-5-12-4-13(17)7-20-16(12)22-15/h3-8,19H,9-10H2,1-2H3. The first-order valence-corrected chi connectivity index (χ1v) is 7.34. The van der Waals surface area contributed by atoms with Crippen LogP contribution in [0.25, 0.3) is 11.1 Å². The Morgan fingerprint density at radius 1 is 1.18 bits per heavy atom. The number of nitrogens with zero attached hydrogens (tertiary/aromatic N) is 3. The smallest absolute Gasteiger partial charge is 0.226 e. The molecule has 0 aliphatic heterocycles. The van der Waals surface area contributed by atoms with Crippen molar-refractivity contribution >= 4 is 28.4 Å². The molecule has 114 valence electrons. The van der Waals surface area contributed by atoms with Crippen molar-refractivity contribution < 1.29 is 4.42 Å². The molecule has 0 aliphatic rings. The second-order valence-electron chi connectivity index (χ2n) is 5.43. The first kappa shape index (κ1) is 14.8. The van der Waals surface area contributed by atoms with Crippen LogP contribution in [0.3, 0.4) is 0 Å². The second kappa shape index (κ2) is 6.34. The van der Waals surface area contributed by atoms with E-state index in [2.05, 4.69) is 26.3 Å². The van der Waals surface area contributed by atoms with Crippen molar-refractivity contribution in [2.24, 2.45) is 0 Å². The van der Waals surface area contributed by atoms with Crippen LogP contribution in [0.5, 0.6) is 0 Å². The number of fused-ring (bicyclic) bond motifs is 1. The molecule has 22 heavy (non-hydrogen) atoms. The second-order valence-corrected chi connectivity index (χ2v) is 5.87. The molecule has 0 aliphatic carbocycles. The third-order valence-electron chi connectivity index (χ3n) is 3.15. The molecule has 0 atom stereocenters. The molecule has 6 heteroatoms. The molecule has 0 saturated carbocycles. The van der Waals surface area contributed by atoms with Crippen molar-refractivity contribution in [3.8, 4) is 0 Å². The molecule has 3 rings (SSSR count). The SMILES string of the molecule is CN(C)Cc1cncc(NCc2cc3cc(Cl)cnc3o2)c1. The van der Waals surface area contributed by atoms with Gasteiger partial charge < -0.3 is 14.6 Å². The average molecular weight is 317 g/mol. The highest BCUT2D eigenvalue weighted by Crippen LogP contribution is 2.21.